The van der Waals surface area contributed by atoms with E-state index in [1.165, 1.54) is 12.1 Å². The quantitative estimate of drug-likeness (QED) is 0.654. The zero-order valence-corrected chi connectivity index (χ0v) is 11.9. The molecule has 110 valence electrons. The molecule has 2 aromatic rings. The van der Waals surface area contributed by atoms with Gasteiger partial charge in [0.05, 0.1) is 12.0 Å². The minimum atomic E-state index is -0.404. The van der Waals surface area contributed by atoms with Crippen LogP contribution in [0, 0.1) is 10.1 Å². The molecule has 2 rings (SSSR count). The summed E-state index contributed by atoms with van der Waals surface area (Å²) >= 11 is 0. The molecule has 0 heterocycles. The SMILES string of the molecule is COc1ccccc1CC(N)Cc1ccc([N+](=O)[O-])cc1. The highest BCUT2D eigenvalue weighted by atomic mass is 16.6. The van der Waals surface area contributed by atoms with Crippen molar-refractivity contribution in [3.05, 3.63) is 69.8 Å². The first-order chi connectivity index (χ1) is 10.1. The molecule has 0 spiro atoms. The van der Waals surface area contributed by atoms with E-state index in [1.54, 1.807) is 19.2 Å². The maximum absolute atomic E-state index is 10.6. The number of benzene rings is 2. The molecule has 1 atom stereocenters. The third kappa shape index (κ3) is 4.03. The van der Waals surface area contributed by atoms with Crippen LogP contribution in [0.4, 0.5) is 5.69 Å². The average Bonchev–Trinajstić information content (AvgIpc) is 2.48. The summed E-state index contributed by atoms with van der Waals surface area (Å²) < 4.78 is 5.31. The van der Waals surface area contributed by atoms with Crippen LogP contribution in [0.1, 0.15) is 11.1 Å². The summed E-state index contributed by atoms with van der Waals surface area (Å²) in [4.78, 5) is 10.2. The fourth-order valence-electron chi connectivity index (χ4n) is 2.28. The Morgan fingerprint density at radius 2 is 1.81 bits per heavy atom. The van der Waals surface area contributed by atoms with Gasteiger partial charge in [0.2, 0.25) is 0 Å². The van der Waals surface area contributed by atoms with Gasteiger partial charge in [-0.05, 0) is 30.0 Å². The molecule has 0 aliphatic rings. The molecular formula is C16H18N2O3. The van der Waals surface area contributed by atoms with Gasteiger partial charge in [-0.2, -0.15) is 0 Å². The van der Waals surface area contributed by atoms with Crippen LogP contribution in [0.3, 0.4) is 0 Å². The Balaban J connectivity index is 2.01. The fraction of sp³-hybridized carbons (Fsp3) is 0.250. The minimum absolute atomic E-state index is 0.0669. The molecule has 5 nitrogen and oxygen atoms in total. The molecule has 5 heteroatoms. The Labute approximate surface area is 123 Å². The second-order valence-electron chi connectivity index (χ2n) is 4.90. The average molecular weight is 286 g/mol. The third-order valence-electron chi connectivity index (χ3n) is 3.32. The van der Waals surface area contributed by atoms with Crippen molar-refractivity contribution in [3.8, 4) is 5.75 Å². The van der Waals surface area contributed by atoms with Crippen LogP contribution in [0.5, 0.6) is 5.75 Å². The van der Waals surface area contributed by atoms with Gasteiger partial charge in [-0.1, -0.05) is 30.3 Å². The summed E-state index contributed by atoms with van der Waals surface area (Å²) in [5, 5.41) is 10.6. The number of non-ortho nitro benzene ring substituents is 1. The van der Waals surface area contributed by atoms with Gasteiger partial charge in [0, 0.05) is 18.2 Å². The minimum Gasteiger partial charge on any atom is -0.496 e. The van der Waals surface area contributed by atoms with Gasteiger partial charge in [0.1, 0.15) is 5.75 Å². The molecule has 0 bridgehead atoms. The van der Waals surface area contributed by atoms with Crippen LogP contribution >= 0.6 is 0 Å². The predicted molar refractivity (Wildman–Crippen MR) is 81.5 cm³/mol. The lowest BCUT2D eigenvalue weighted by molar-refractivity contribution is -0.384. The molecule has 0 saturated carbocycles. The van der Waals surface area contributed by atoms with Gasteiger partial charge in [-0.3, -0.25) is 10.1 Å². The number of hydrogen-bond donors (Lipinski definition) is 1. The van der Waals surface area contributed by atoms with Crippen molar-refractivity contribution in [3.63, 3.8) is 0 Å². The van der Waals surface area contributed by atoms with Gasteiger partial charge in [0.25, 0.3) is 5.69 Å². The second-order valence-corrected chi connectivity index (χ2v) is 4.90. The van der Waals surface area contributed by atoms with Gasteiger partial charge in [0.15, 0.2) is 0 Å². The third-order valence-corrected chi connectivity index (χ3v) is 3.32. The number of para-hydroxylation sites is 1. The van der Waals surface area contributed by atoms with E-state index < -0.39 is 4.92 Å². The molecule has 0 radical (unpaired) electrons. The zero-order valence-electron chi connectivity index (χ0n) is 11.9. The van der Waals surface area contributed by atoms with E-state index in [4.69, 9.17) is 10.5 Å². The summed E-state index contributed by atoms with van der Waals surface area (Å²) in [6.07, 6.45) is 1.36. The lowest BCUT2D eigenvalue weighted by Gasteiger charge is -2.14. The largest absolute Gasteiger partial charge is 0.496 e. The van der Waals surface area contributed by atoms with Crippen LogP contribution in [0.2, 0.25) is 0 Å². The summed E-state index contributed by atoms with van der Waals surface area (Å²) in [6.45, 7) is 0. The molecule has 2 N–H and O–H groups in total. The number of methoxy groups -OCH3 is 1. The molecule has 21 heavy (non-hydrogen) atoms. The van der Waals surface area contributed by atoms with E-state index in [2.05, 4.69) is 0 Å². The maximum Gasteiger partial charge on any atom is 0.269 e. The van der Waals surface area contributed by atoms with E-state index in [9.17, 15) is 10.1 Å². The molecule has 2 aromatic carbocycles. The van der Waals surface area contributed by atoms with E-state index in [0.717, 1.165) is 16.9 Å². The van der Waals surface area contributed by atoms with Crippen LogP contribution in [0.25, 0.3) is 0 Å². The Morgan fingerprint density at radius 1 is 1.14 bits per heavy atom. The number of ether oxygens (including phenoxy) is 1. The molecule has 0 saturated heterocycles. The Kier molecular flexibility index (Phi) is 4.90. The first-order valence-corrected chi connectivity index (χ1v) is 6.71. The molecule has 0 aromatic heterocycles. The Bertz CT molecular complexity index is 611. The monoisotopic (exact) mass is 286 g/mol. The molecular weight excluding hydrogens is 268 g/mol. The highest BCUT2D eigenvalue weighted by molar-refractivity contribution is 5.35. The van der Waals surface area contributed by atoms with Gasteiger partial charge >= 0.3 is 0 Å². The van der Waals surface area contributed by atoms with Crippen molar-refractivity contribution in [2.24, 2.45) is 5.73 Å². The molecule has 0 amide bonds. The van der Waals surface area contributed by atoms with Gasteiger partial charge in [-0.25, -0.2) is 0 Å². The summed E-state index contributed by atoms with van der Waals surface area (Å²) in [6, 6.07) is 14.2. The lowest BCUT2D eigenvalue weighted by Crippen LogP contribution is -2.25. The van der Waals surface area contributed by atoms with Gasteiger partial charge in [-0.15, -0.1) is 0 Å². The number of nitro benzene ring substituents is 1. The van der Waals surface area contributed by atoms with E-state index in [0.29, 0.717) is 12.8 Å². The Hall–Kier alpha value is -2.40. The van der Waals surface area contributed by atoms with Crippen LogP contribution in [0.15, 0.2) is 48.5 Å². The van der Waals surface area contributed by atoms with Crippen molar-refractivity contribution in [2.75, 3.05) is 7.11 Å². The highest BCUT2D eigenvalue weighted by Crippen LogP contribution is 2.20. The summed E-state index contributed by atoms with van der Waals surface area (Å²) in [5.74, 6) is 0.830. The van der Waals surface area contributed by atoms with Crippen molar-refractivity contribution in [1.82, 2.24) is 0 Å². The van der Waals surface area contributed by atoms with Crippen molar-refractivity contribution < 1.29 is 9.66 Å². The van der Waals surface area contributed by atoms with E-state index in [-0.39, 0.29) is 11.7 Å². The first kappa shape index (κ1) is 15.0. The van der Waals surface area contributed by atoms with E-state index in [1.807, 2.05) is 24.3 Å². The second kappa shape index (κ2) is 6.85. The maximum atomic E-state index is 10.6. The molecule has 0 aliphatic heterocycles. The Morgan fingerprint density at radius 3 is 2.43 bits per heavy atom. The topological polar surface area (TPSA) is 78.4 Å². The number of nitro groups is 1. The number of hydrogen-bond acceptors (Lipinski definition) is 4. The van der Waals surface area contributed by atoms with Crippen LogP contribution in [-0.4, -0.2) is 18.1 Å². The zero-order chi connectivity index (χ0) is 15.2. The molecule has 0 fully saturated rings. The number of nitrogens with two attached hydrogens (primary N) is 1. The van der Waals surface area contributed by atoms with E-state index >= 15 is 0 Å². The predicted octanol–water partition coefficient (Wildman–Crippen LogP) is 2.72. The summed E-state index contributed by atoms with van der Waals surface area (Å²) in [7, 11) is 1.64. The fourth-order valence-corrected chi connectivity index (χ4v) is 2.28. The van der Waals surface area contributed by atoms with Crippen LogP contribution < -0.4 is 10.5 Å². The molecule has 0 aliphatic carbocycles. The molecule has 1 unspecified atom stereocenters. The normalized spacial score (nSPS) is 11.9. The van der Waals surface area contributed by atoms with Crippen molar-refractivity contribution >= 4 is 5.69 Å². The smallest absolute Gasteiger partial charge is 0.269 e. The summed E-state index contributed by atoms with van der Waals surface area (Å²) in [5.41, 5.74) is 8.32. The van der Waals surface area contributed by atoms with Crippen LogP contribution in [-0.2, 0) is 12.8 Å². The number of nitrogens with zero attached hydrogens (tertiary/aromatic N) is 1. The number of rotatable bonds is 6. The van der Waals surface area contributed by atoms with Gasteiger partial charge < -0.3 is 10.5 Å². The first-order valence-electron chi connectivity index (χ1n) is 6.71. The van der Waals surface area contributed by atoms with Crippen molar-refractivity contribution in [2.45, 2.75) is 18.9 Å². The lowest BCUT2D eigenvalue weighted by atomic mass is 9.99. The highest BCUT2D eigenvalue weighted by Gasteiger charge is 2.10. The van der Waals surface area contributed by atoms with Crippen molar-refractivity contribution in [1.29, 1.82) is 0 Å². The standard InChI is InChI=1S/C16H18N2O3/c1-21-16-5-3-2-4-13(16)11-14(17)10-12-6-8-15(9-7-12)18(19)20/h2-9,14H,10-11,17H2,1H3.